The molecule has 3 heterocycles. The molecule has 0 saturated heterocycles. The molecular weight excluding hydrogens is 424 g/mol. The maximum Gasteiger partial charge on any atom is 0.338 e. The molecule has 3 aliphatic heterocycles. The van der Waals surface area contributed by atoms with Crippen molar-refractivity contribution in [2.75, 3.05) is 0 Å². The van der Waals surface area contributed by atoms with Crippen LogP contribution in [-0.2, 0) is 23.8 Å². The Morgan fingerprint density at radius 1 is 1.29 bits per heavy atom. The van der Waals surface area contributed by atoms with Gasteiger partial charge in [0, 0.05) is 5.57 Å². The summed E-state index contributed by atoms with van der Waals surface area (Å²) in [6, 6.07) is 0. The molecule has 0 aromatic carbocycles. The van der Waals surface area contributed by atoms with E-state index in [1.54, 1.807) is 13.0 Å². The van der Waals surface area contributed by atoms with Crippen molar-refractivity contribution < 1.29 is 34.0 Å². The Balaban J connectivity index is 1.92. The normalized spacial score (nSPS) is 40.6. The summed E-state index contributed by atoms with van der Waals surface area (Å²) in [6.45, 7) is 8.89. The van der Waals surface area contributed by atoms with Crippen LogP contribution < -0.4 is 0 Å². The van der Waals surface area contributed by atoms with Crippen LogP contribution in [0.4, 0.5) is 0 Å². The zero-order chi connectivity index (χ0) is 22.9. The number of esters is 1. The van der Waals surface area contributed by atoms with Gasteiger partial charge in [0.2, 0.25) is 17.7 Å². The molecule has 0 aromatic heterocycles. The van der Waals surface area contributed by atoms with Crippen LogP contribution in [0.5, 0.6) is 0 Å². The van der Waals surface area contributed by atoms with Crippen molar-refractivity contribution in [1.82, 2.24) is 0 Å². The van der Waals surface area contributed by atoms with Crippen molar-refractivity contribution >= 4 is 23.4 Å². The molecule has 4 rings (SSSR count). The minimum absolute atomic E-state index is 0.0419. The van der Waals surface area contributed by atoms with Crippen molar-refractivity contribution in [2.24, 2.45) is 17.8 Å². The van der Waals surface area contributed by atoms with Gasteiger partial charge in [-0.3, -0.25) is 4.79 Å². The third-order valence-corrected chi connectivity index (χ3v) is 7.28. The van der Waals surface area contributed by atoms with Crippen LogP contribution >= 0.6 is 11.6 Å². The summed E-state index contributed by atoms with van der Waals surface area (Å²) in [5.41, 5.74) is -3.63. The average Bonchev–Trinajstić information content (AvgIpc) is 3.09. The number of hydrogen-bond donors (Lipinski definition) is 2. The van der Waals surface area contributed by atoms with Crippen LogP contribution in [0.25, 0.3) is 0 Å². The Labute approximate surface area is 186 Å². The van der Waals surface area contributed by atoms with E-state index in [2.05, 4.69) is 0 Å². The minimum Gasteiger partial charge on any atom is -0.478 e. The zero-order valence-electron chi connectivity index (χ0n) is 18.1. The van der Waals surface area contributed by atoms with E-state index < -0.39 is 41.3 Å². The van der Waals surface area contributed by atoms with Crippen molar-refractivity contribution in [3.05, 3.63) is 45.9 Å². The highest BCUT2D eigenvalue weighted by Gasteiger charge is 2.72. The highest BCUT2D eigenvalue weighted by Crippen LogP contribution is 2.60. The Morgan fingerprint density at radius 3 is 2.61 bits per heavy atom. The van der Waals surface area contributed by atoms with Gasteiger partial charge in [-0.05, 0) is 31.9 Å². The van der Waals surface area contributed by atoms with Gasteiger partial charge >= 0.3 is 5.97 Å². The predicted octanol–water partition coefficient (Wildman–Crippen LogP) is 2.87. The lowest BCUT2D eigenvalue weighted by molar-refractivity contribution is -0.219. The topological polar surface area (TPSA) is 102 Å². The zero-order valence-corrected chi connectivity index (χ0v) is 18.9. The van der Waals surface area contributed by atoms with E-state index in [-0.39, 0.29) is 33.8 Å². The van der Waals surface area contributed by atoms with E-state index in [0.717, 1.165) is 6.42 Å². The fraction of sp³-hybridized carbons (Fsp3) is 0.565. The molecule has 2 N–H and O–H groups in total. The average molecular weight is 451 g/mol. The van der Waals surface area contributed by atoms with Crippen molar-refractivity contribution in [3.8, 4) is 0 Å². The molecule has 4 aliphatic rings. The van der Waals surface area contributed by atoms with Gasteiger partial charge in [-0.2, -0.15) is 0 Å². The minimum atomic E-state index is -2.11. The number of carbonyl (C=O) groups excluding carboxylic acids is 2. The number of rotatable bonds is 3. The summed E-state index contributed by atoms with van der Waals surface area (Å²) in [6.07, 6.45) is 3.98. The van der Waals surface area contributed by atoms with E-state index >= 15 is 0 Å². The number of aliphatic hydroxyl groups is 2. The number of fused-ring (bicyclic) bond motifs is 1. The number of Topliss-reactive ketones (excluding diaryl/α,β-unsaturated/α-hetero) is 1. The number of hydrogen-bond acceptors (Lipinski definition) is 7. The lowest BCUT2D eigenvalue weighted by Gasteiger charge is -2.49. The monoisotopic (exact) mass is 450 g/mol. The summed E-state index contributed by atoms with van der Waals surface area (Å²) >= 11 is 6.43. The number of aliphatic hydroxyl groups excluding tert-OH is 1. The van der Waals surface area contributed by atoms with Crippen LogP contribution in [0, 0.1) is 17.8 Å². The van der Waals surface area contributed by atoms with Crippen LogP contribution in [-0.4, -0.2) is 45.6 Å². The van der Waals surface area contributed by atoms with Gasteiger partial charge in [0.1, 0.15) is 23.2 Å². The van der Waals surface area contributed by atoms with Crippen molar-refractivity contribution in [1.29, 1.82) is 0 Å². The molecule has 1 aliphatic carbocycles. The van der Waals surface area contributed by atoms with Gasteiger partial charge < -0.3 is 24.4 Å². The van der Waals surface area contributed by atoms with Crippen molar-refractivity contribution in [2.45, 2.75) is 64.6 Å². The molecule has 7 nitrogen and oxygen atoms in total. The predicted molar refractivity (Wildman–Crippen MR) is 111 cm³/mol. The summed E-state index contributed by atoms with van der Waals surface area (Å²) in [5.74, 6) is -2.17. The molecule has 0 aromatic rings. The van der Waals surface area contributed by atoms with E-state index in [4.69, 9.17) is 25.8 Å². The largest absolute Gasteiger partial charge is 0.478 e. The Bertz CT molecular complexity index is 972. The van der Waals surface area contributed by atoms with E-state index in [9.17, 15) is 19.8 Å². The highest BCUT2D eigenvalue weighted by atomic mass is 35.5. The second-order valence-electron chi connectivity index (χ2n) is 8.97. The third kappa shape index (κ3) is 2.93. The molecule has 168 valence electrons. The maximum absolute atomic E-state index is 13.1. The first-order valence-corrected chi connectivity index (χ1v) is 10.9. The van der Waals surface area contributed by atoms with Crippen LogP contribution in [0.15, 0.2) is 45.9 Å². The van der Waals surface area contributed by atoms with Gasteiger partial charge in [-0.25, -0.2) is 4.79 Å². The van der Waals surface area contributed by atoms with E-state index in [1.807, 2.05) is 26.8 Å². The molecule has 0 amide bonds. The standard InChI is InChI=1S/C23H27ClO7/c1-6-10(2)7-8-13-9-14-16(24)19(25)22(5,28)18-15-17(11(3)12(4)29-20(15)26)31-23(14,18)21(27)30-13/h7-12,18,21,27-28H,6H2,1-5H3. The number of carbonyl (C=O) groups is 2. The molecule has 1 spiro atoms. The van der Waals surface area contributed by atoms with Gasteiger partial charge in [0.15, 0.2) is 0 Å². The van der Waals surface area contributed by atoms with Gasteiger partial charge in [0.25, 0.3) is 0 Å². The first kappa shape index (κ1) is 22.1. The second-order valence-corrected chi connectivity index (χ2v) is 9.35. The van der Waals surface area contributed by atoms with Crippen LogP contribution in [0.3, 0.4) is 0 Å². The molecule has 0 radical (unpaired) electrons. The van der Waals surface area contributed by atoms with Crippen LogP contribution in [0.1, 0.15) is 41.0 Å². The first-order chi connectivity index (χ1) is 14.5. The molecule has 0 saturated carbocycles. The number of halogens is 1. The number of cyclic esters (lactones) is 1. The molecular formula is C23H27ClO7. The lowest BCUT2D eigenvalue weighted by atomic mass is 9.62. The lowest BCUT2D eigenvalue weighted by Crippen LogP contribution is -2.65. The summed E-state index contributed by atoms with van der Waals surface area (Å²) in [7, 11) is 0. The van der Waals surface area contributed by atoms with Gasteiger partial charge in [-0.1, -0.05) is 44.9 Å². The van der Waals surface area contributed by atoms with Crippen LogP contribution in [0.2, 0.25) is 0 Å². The Morgan fingerprint density at radius 2 is 1.97 bits per heavy atom. The second kappa shape index (κ2) is 7.22. The molecule has 0 bridgehead atoms. The summed E-state index contributed by atoms with van der Waals surface area (Å²) in [5, 5.41) is 22.1. The summed E-state index contributed by atoms with van der Waals surface area (Å²) < 4.78 is 17.4. The van der Waals surface area contributed by atoms with E-state index in [0.29, 0.717) is 5.76 Å². The third-order valence-electron chi connectivity index (χ3n) is 6.91. The molecule has 7 atom stereocenters. The number of ether oxygens (including phenoxy) is 3. The van der Waals surface area contributed by atoms with Gasteiger partial charge in [0.05, 0.1) is 22.4 Å². The van der Waals surface area contributed by atoms with Crippen molar-refractivity contribution in [3.63, 3.8) is 0 Å². The molecule has 0 fully saturated rings. The van der Waals surface area contributed by atoms with Gasteiger partial charge in [-0.15, -0.1) is 0 Å². The number of allylic oxidation sites excluding steroid dienone is 2. The Hall–Kier alpha value is -2.09. The highest BCUT2D eigenvalue weighted by molar-refractivity contribution is 6.45. The smallest absolute Gasteiger partial charge is 0.338 e. The number of ketones is 1. The molecule has 8 heteroatoms. The maximum atomic E-state index is 13.1. The quantitative estimate of drug-likeness (QED) is 0.637. The van der Waals surface area contributed by atoms with E-state index in [1.165, 1.54) is 13.0 Å². The SMILES string of the molecule is CCC(C)C=CC1=CC2=C(Cl)C(=O)C(C)(O)C3C4=C(OC23C(O)O1)C(C)C(C)OC4=O. The first-order valence-electron chi connectivity index (χ1n) is 10.5. The Kier molecular flexibility index (Phi) is 5.15. The molecule has 7 unspecified atom stereocenters. The fourth-order valence-electron chi connectivity index (χ4n) is 4.69. The summed E-state index contributed by atoms with van der Waals surface area (Å²) in [4.78, 5) is 25.9. The fourth-order valence-corrected chi connectivity index (χ4v) is 5.08. The molecule has 31 heavy (non-hydrogen) atoms.